The van der Waals surface area contributed by atoms with Crippen LogP contribution in [0.15, 0.2) is 48.5 Å². The average Bonchev–Trinajstić information content (AvgIpc) is 2.86. The van der Waals surface area contributed by atoms with Crippen LogP contribution in [0.5, 0.6) is 5.75 Å². The molecule has 190 valence electrons. The number of para-hydroxylation sites is 1. The van der Waals surface area contributed by atoms with Crippen molar-refractivity contribution in [1.29, 1.82) is 0 Å². The summed E-state index contributed by atoms with van der Waals surface area (Å²) in [6.45, 7) is 2.73. The lowest BCUT2D eigenvalue weighted by atomic mass is 9.93. The quantitative estimate of drug-likeness (QED) is 0.579. The van der Waals surface area contributed by atoms with Crippen LogP contribution in [-0.4, -0.2) is 61.2 Å². The smallest absolute Gasteiger partial charge is 0.416 e. The van der Waals surface area contributed by atoms with Gasteiger partial charge in [0.2, 0.25) is 0 Å². The highest BCUT2D eigenvalue weighted by molar-refractivity contribution is 5.97. The maximum atomic E-state index is 13.5. The molecular weight excluding hydrogens is 457 g/mol. The molecule has 1 saturated heterocycles. The van der Waals surface area contributed by atoms with Crippen LogP contribution in [0.3, 0.4) is 0 Å². The van der Waals surface area contributed by atoms with Crippen molar-refractivity contribution in [2.75, 3.05) is 33.4 Å². The summed E-state index contributed by atoms with van der Waals surface area (Å²) in [5.74, 6) is 0.501. The van der Waals surface area contributed by atoms with E-state index >= 15 is 0 Å². The first-order valence-corrected chi connectivity index (χ1v) is 12.3. The van der Waals surface area contributed by atoms with Gasteiger partial charge in [-0.3, -0.25) is 9.69 Å². The van der Waals surface area contributed by atoms with E-state index < -0.39 is 11.7 Å². The molecule has 5 nitrogen and oxygen atoms in total. The summed E-state index contributed by atoms with van der Waals surface area (Å²) in [5.41, 5.74) is 0.531. The maximum absolute atomic E-state index is 13.5. The van der Waals surface area contributed by atoms with Gasteiger partial charge in [0.15, 0.2) is 0 Å². The van der Waals surface area contributed by atoms with Crippen molar-refractivity contribution in [1.82, 2.24) is 9.80 Å². The molecule has 0 aromatic heterocycles. The van der Waals surface area contributed by atoms with Crippen LogP contribution in [0, 0.1) is 0 Å². The molecule has 4 rings (SSSR count). The SMILES string of the molecule is CO[C@@H]1CCCN2C(=O)c3ccccc3OCCN(Cc3cccc(C(F)(F)F)c3)CCCC[C@H]12. The molecular formula is C27H33F3N2O3. The van der Waals surface area contributed by atoms with Gasteiger partial charge in [0.05, 0.1) is 23.3 Å². The molecule has 0 radical (unpaired) electrons. The summed E-state index contributed by atoms with van der Waals surface area (Å²) in [7, 11) is 1.70. The molecule has 0 unspecified atom stereocenters. The Morgan fingerprint density at radius 3 is 2.63 bits per heavy atom. The van der Waals surface area contributed by atoms with E-state index in [-0.39, 0.29) is 18.1 Å². The fourth-order valence-corrected chi connectivity index (χ4v) is 5.16. The van der Waals surface area contributed by atoms with E-state index in [4.69, 9.17) is 9.47 Å². The van der Waals surface area contributed by atoms with Gasteiger partial charge < -0.3 is 14.4 Å². The second-order valence-electron chi connectivity index (χ2n) is 9.30. The van der Waals surface area contributed by atoms with Gasteiger partial charge in [-0.1, -0.05) is 36.8 Å². The number of amides is 1. The first-order chi connectivity index (χ1) is 16.9. The number of carbonyl (C=O) groups is 1. The third-order valence-electron chi connectivity index (χ3n) is 6.95. The van der Waals surface area contributed by atoms with Crippen molar-refractivity contribution >= 4 is 5.91 Å². The highest BCUT2D eigenvalue weighted by Crippen LogP contribution is 2.31. The summed E-state index contributed by atoms with van der Waals surface area (Å²) in [4.78, 5) is 17.6. The van der Waals surface area contributed by atoms with E-state index in [1.165, 1.54) is 12.1 Å². The highest BCUT2D eigenvalue weighted by Gasteiger charge is 2.35. The van der Waals surface area contributed by atoms with Crippen molar-refractivity contribution in [3.8, 4) is 5.75 Å². The summed E-state index contributed by atoms with van der Waals surface area (Å²) >= 11 is 0. The van der Waals surface area contributed by atoms with Crippen LogP contribution < -0.4 is 4.74 Å². The van der Waals surface area contributed by atoms with Gasteiger partial charge >= 0.3 is 6.18 Å². The zero-order chi connectivity index (χ0) is 24.8. The minimum Gasteiger partial charge on any atom is -0.491 e. The lowest BCUT2D eigenvalue weighted by Gasteiger charge is -2.41. The Morgan fingerprint density at radius 1 is 1.00 bits per heavy atom. The zero-order valence-electron chi connectivity index (χ0n) is 20.1. The fourth-order valence-electron chi connectivity index (χ4n) is 5.16. The van der Waals surface area contributed by atoms with Gasteiger partial charge in [0.25, 0.3) is 5.91 Å². The largest absolute Gasteiger partial charge is 0.491 e. The molecule has 0 bridgehead atoms. The number of ether oxygens (including phenoxy) is 2. The monoisotopic (exact) mass is 490 g/mol. The number of hydrogen-bond donors (Lipinski definition) is 0. The van der Waals surface area contributed by atoms with Gasteiger partial charge in [-0.15, -0.1) is 0 Å². The second-order valence-corrected chi connectivity index (χ2v) is 9.30. The van der Waals surface area contributed by atoms with Gasteiger partial charge in [0, 0.05) is 26.7 Å². The second kappa shape index (κ2) is 11.4. The molecule has 2 aliphatic rings. The number of fused-ring (bicyclic) bond motifs is 2. The van der Waals surface area contributed by atoms with Gasteiger partial charge in [-0.2, -0.15) is 13.2 Å². The first-order valence-electron chi connectivity index (χ1n) is 12.3. The third kappa shape index (κ3) is 6.35. The van der Waals surface area contributed by atoms with Crippen LogP contribution in [0.4, 0.5) is 13.2 Å². The van der Waals surface area contributed by atoms with Crippen LogP contribution in [0.25, 0.3) is 0 Å². The normalized spacial score (nSPS) is 22.7. The molecule has 2 atom stereocenters. The Hall–Kier alpha value is -2.58. The Bertz CT molecular complexity index is 998. The zero-order valence-corrected chi connectivity index (χ0v) is 20.1. The van der Waals surface area contributed by atoms with Crippen molar-refractivity contribution in [2.24, 2.45) is 0 Å². The van der Waals surface area contributed by atoms with Crippen molar-refractivity contribution in [3.63, 3.8) is 0 Å². The number of piperidine rings is 1. The van der Waals surface area contributed by atoms with Gasteiger partial charge in [0.1, 0.15) is 12.4 Å². The van der Waals surface area contributed by atoms with Crippen molar-refractivity contribution in [3.05, 3.63) is 65.2 Å². The Labute approximate surface area is 204 Å². The van der Waals surface area contributed by atoms with Gasteiger partial charge in [-0.05, 0) is 56.0 Å². The van der Waals surface area contributed by atoms with Crippen LogP contribution in [0.1, 0.15) is 53.6 Å². The molecule has 8 heteroatoms. The molecule has 2 heterocycles. The number of hydrogen-bond acceptors (Lipinski definition) is 4. The molecule has 0 saturated carbocycles. The van der Waals surface area contributed by atoms with E-state index in [0.29, 0.717) is 43.1 Å². The lowest BCUT2D eigenvalue weighted by Crippen LogP contribution is -2.51. The third-order valence-corrected chi connectivity index (χ3v) is 6.95. The predicted octanol–water partition coefficient (Wildman–Crippen LogP) is 5.39. The number of nitrogens with zero attached hydrogens (tertiary/aromatic N) is 2. The van der Waals surface area contributed by atoms with Crippen LogP contribution in [-0.2, 0) is 17.5 Å². The van der Waals surface area contributed by atoms with Crippen molar-refractivity contribution in [2.45, 2.75) is 57.0 Å². The summed E-state index contributed by atoms with van der Waals surface area (Å²) < 4.78 is 51.3. The molecule has 2 aliphatic heterocycles. The van der Waals surface area contributed by atoms with E-state index in [1.807, 2.05) is 17.0 Å². The number of benzene rings is 2. The van der Waals surface area contributed by atoms with E-state index in [2.05, 4.69) is 4.90 Å². The standard InChI is InChI=1S/C27H33F3N2O3/c1-34-25-13-7-15-32-23(25)11-4-5-14-31(19-20-8-6-9-21(18-20)27(28,29)30)16-17-35-24-12-3-2-10-22(24)26(32)33/h2-3,6,8-10,12,18,23,25H,4-5,7,11,13-17,19H2,1H3/t23-,25-/m1/s1. The number of alkyl halides is 3. The summed E-state index contributed by atoms with van der Waals surface area (Å²) in [6, 6.07) is 12.8. The average molecular weight is 491 g/mol. The number of rotatable bonds is 3. The molecule has 35 heavy (non-hydrogen) atoms. The van der Waals surface area contributed by atoms with Crippen LogP contribution in [0.2, 0.25) is 0 Å². The van der Waals surface area contributed by atoms with E-state index in [1.54, 1.807) is 25.3 Å². The van der Waals surface area contributed by atoms with E-state index in [0.717, 1.165) is 44.7 Å². The molecule has 2 aromatic rings. The minimum atomic E-state index is -4.36. The number of carbonyl (C=O) groups excluding carboxylic acids is 1. The molecule has 0 aliphatic carbocycles. The van der Waals surface area contributed by atoms with E-state index in [9.17, 15) is 18.0 Å². The van der Waals surface area contributed by atoms with Crippen molar-refractivity contribution < 1.29 is 27.4 Å². The predicted molar refractivity (Wildman–Crippen MR) is 127 cm³/mol. The Kier molecular flexibility index (Phi) is 8.34. The Balaban J connectivity index is 1.55. The molecule has 1 fully saturated rings. The van der Waals surface area contributed by atoms with Gasteiger partial charge in [-0.25, -0.2) is 0 Å². The summed E-state index contributed by atoms with van der Waals surface area (Å²) in [6.07, 6.45) is 0.0482. The highest BCUT2D eigenvalue weighted by atomic mass is 19.4. The molecule has 2 aromatic carbocycles. The topological polar surface area (TPSA) is 42.0 Å². The molecule has 0 spiro atoms. The molecule has 1 amide bonds. The summed E-state index contributed by atoms with van der Waals surface area (Å²) in [5, 5.41) is 0. The fraction of sp³-hybridized carbons (Fsp3) is 0.519. The number of halogens is 3. The number of methoxy groups -OCH3 is 1. The Morgan fingerprint density at radius 2 is 1.83 bits per heavy atom. The first kappa shape index (κ1) is 25.5. The minimum absolute atomic E-state index is 0.00730. The lowest BCUT2D eigenvalue weighted by molar-refractivity contribution is -0.137. The molecule has 0 N–H and O–H groups in total. The van der Waals surface area contributed by atoms with Crippen LogP contribution >= 0.6 is 0 Å². The maximum Gasteiger partial charge on any atom is 0.416 e.